The van der Waals surface area contributed by atoms with E-state index in [4.69, 9.17) is 0 Å². The molecule has 31 heavy (non-hydrogen) atoms. The summed E-state index contributed by atoms with van der Waals surface area (Å²) >= 11 is 0. The maximum absolute atomic E-state index is 12.7. The topological polar surface area (TPSA) is 91.0 Å². The second-order valence-corrected chi connectivity index (χ2v) is 10.1. The molecule has 2 aromatic heterocycles. The first-order valence-corrected chi connectivity index (χ1v) is 12.0. The van der Waals surface area contributed by atoms with Gasteiger partial charge >= 0.3 is 0 Å². The number of imidazole rings is 1. The second kappa shape index (κ2) is 9.43. The molecule has 0 N–H and O–H groups in total. The summed E-state index contributed by atoms with van der Waals surface area (Å²) in [5, 5.41) is 0. The molecule has 0 unspecified atom stereocenters. The summed E-state index contributed by atoms with van der Waals surface area (Å²) in [5.41, 5.74) is 2.59. The van der Waals surface area contributed by atoms with Crippen molar-refractivity contribution in [3.05, 3.63) is 76.0 Å². The monoisotopic (exact) mass is 441 g/mol. The van der Waals surface area contributed by atoms with Crippen molar-refractivity contribution in [1.29, 1.82) is 0 Å². The Morgan fingerprint density at radius 2 is 1.84 bits per heavy atom. The molecule has 0 bridgehead atoms. The van der Waals surface area contributed by atoms with Crippen LogP contribution in [-0.4, -0.2) is 39.8 Å². The number of carbonyl (C=O) groups is 1. The highest BCUT2D eigenvalue weighted by Crippen LogP contribution is 2.21. The molecule has 0 aliphatic heterocycles. The van der Waals surface area contributed by atoms with Crippen LogP contribution in [0.3, 0.4) is 0 Å². The number of pyridine rings is 1. The van der Waals surface area contributed by atoms with E-state index in [1.165, 1.54) is 4.57 Å². The molecule has 8 heteroatoms. The molecule has 0 aliphatic carbocycles. The predicted molar refractivity (Wildman–Crippen MR) is 121 cm³/mol. The van der Waals surface area contributed by atoms with Gasteiger partial charge < -0.3 is 9.13 Å². The average Bonchev–Trinajstić information content (AvgIpc) is 3.16. The van der Waals surface area contributed by atoms with Gasteiger partial charge in [0.1, 0.15) is 21.4 Å². The Hall–Kier alpha value is -3.00. The Morgan fingerprint density at radius 3 is 2.48 bits per heavy atom. The SMILES string of the molecule is CCS(=O)(=O)CCCC(=O)c1cn(Cc2ccccc2)c(-c2cc(C)c(=O)n(C)c2)n1. The van der Waals surface area contributed by atoms with Gasteiger partial charge in [0.15, 0.2) is 5.78 Å². The number of ketones is 1. The highest BCUT2D eigenvalue weighted by molar-refractivity contribution is 7.91. The van der Waals surface area contributed by atoms with Crippen molar-refractivity contribution in [2.75, 3.05) is 11.5 Å². The van der Waals surface area contributed by atoms with Gasteiger partial charge in [0.2, 0.25) is 0 Å². The number of aromatic nitrogens is 3. The van der Waals surface area contributed by atoms with Crippen molar-refractivity contribution in [2.24, 2.45) is 7.05 Å². The van der Waals surface area contributed by atoms with E-state index in [-0.39, 0.29) is 35.7 Å². The minimum atomic E-state index is -3.11. The molecule has 0 saturated carbocycles. The van der Waals surface area contributed by atoms with Crippen molar-refractivity contribution in [3.63, 3.8) is 0 Å². The summed E-state index contributed by atoms with van der Waals surface area (Å²) in [4.78, 5) is 29.4. The molecule has 1 aromatic carbocycles. The largest absolute Gasteiger partial charge is 0.326 e. The van der Waals surface area contributed by atoms with Crippen LogP contribution in [0.2, 0.25) is 0 Å². The standard InChI is InChI=1S/C23H27N3O4S/c1-4-31(29,30)12-8-11-21(27)20-16-26(14-18-9-6-5-7-10-18)22(24-20)19-13-17(2)23(28)25(3)15-19/h5-7,9-10,13,15-16H,4,8,11-12,14H2,1-3H3. The molecule has 3 rings (SSSR count). The highest BCUT2D eigenvalue weighted by atomic mass is 32.2. The lowest BCUT2D eigenvalue weighted by atomic mass is 10.2. The Morgan fingerprint density at radius 1 is 1.13 bits per heavy atom. The molecule has 0 fully saturated rings. The highest BCUT2D eigenvalue weighted by Gasteiger charge is 2.18. The fourth-order valence-electron chi connectivity index (χ4n) is 3.41. The molecule has 3 aromatic rings. The third-order valence-corrected chi connectivity index (χ3v) is 6.97. The number of hydrogen-bond acceptors (Lipinski definition) is 5. The predicted octanol–water partition coefficient (Wildman–Crippen LogP) is 3.00. The van der Waals surface area contributed by atoms with E-state index in [0.717, 1.165) is 11.1 Å². The molecule has 0 atom stereocenters. The van der Waals surface area contributed by atoms with Crippen LogP contribution in [0.15, 0.2) is 53.6 Å². The lowest BCUT2D eigenvalue weighted by Crippen LogP contribution is -2.18. The maximum atomic E-state index is 12.7. The Labute approximate surface area is 182 Å². The quantitative estimate of drug-likeness (QED) is 0.476. The zero-order valence-corrected chi connectivity index (χ0v) is 18.9. The molecule has 0 amide bonds. The van der Waals surface area contributed by atoms with E-state index in [0.29, 0.717) is 23.6 Å². The molecular weight excluding hydrogens is 414 g/mol. The normalized spacial score (nSPS) is 11.6. The van der Waals surface area contributed by atoms with Gasteiger partial charge in [-0.1, -0.05) is 37.3 Å². The second-order valence-electron chi connectivity index (χ2n) is 7.65. The third-order valence-electron chi connectivity index (χ3n) is 5.18. The first-order chi connectivity index (χ1) is 14.7. The van der Waals surface area contributed by atoms with Gasteiger partial charge in [-0.15, -0.1) is 0 Å². The summed E-state index contributed by atoms with van der Waals surface area (Å²) < 4.78 is 26.8. The third kappa shape index (κ3) is 5.58. The van der Waals surface area contributed by atoms with Gasteiger partial charge in [0.05, 0.1) is 5.75 Å². The maximum Gasteiger partial charge on any atom is 0.253 e. The summed E-state index contributed by atoms with van der Waals surface area (Å²) in [5.74, 6) is 0.462. The minimum Gasteiger partial charge on any atom is -0.326 e. The van der Waals surface area contributed by atoms with Gasteiger partial charge in [-0.25, -0.2) is 13.4 Å². The Bertz CT molecular complexity index is 1220. The molecule has 7 nitrogen and oxygen atoms in total. The molecule has 0 radical (unpaired) electrons. The van der Waals surface area contributed by atoms with Crippen LogP contribution in [0.25, 0.3) is 11.4 Å². The number of Topliss-reactive ketones (excluding diaryl/α,β-unsaturated/α-hetero) is 1. The van der Waals surface area contributed by atoms with E-state index in [2.05, 4.69) is 4.98 Å². The minimum absolute atomic E-state index is 0.00713. The van der Waals surface area contributed by atoms with Crippen LogP contribution in [0.4, 0.5) is 0 Å². The number of hydrogen-bond donors (Lipinski definition) is 0. The molecular formula is C23H27N3O4S. The van der Waals surface area contributed by atoms with Crippen molar-refractivity contribution < 1.29 is 13.2 Å². The summed E-state index contributed by atoms with van der Waals surface area (Å²) in [6, 6.07) is 11.6. The van der Waals surface area contributed by atoms with Crippen molar-refractivity contribution >= 4 is 15.6 Å². The zero-order valence-electron chi connectivity index (χ0n) is 18.0. The fraction of sp³-hybridized carbons (Fsp3) is 0.348. The van der Waals surface area contributed by atoms with Gasteiger partial charge in [0.25, 0.3) is 5.56 Å². The van der Waals surface area contributed by atoms with Crippen molar-refractivity contribution in [1.82, 2.24) is 14.1 Å². The number of aryl methyl sites for hydroxylation is 2. The van der Waals surface area contributed by atoms with Crippen LogP contribution in [0.5, 0.6) is 0 Å². The fourth-order valence-corrected chi connectivity index (χ4v) is 4.28. The van der Waals surface area contributed by atoms with Crippen LogP contribution in [0, 0.1) is 6.92 Å². The van der Waals surface area contributed by atoms with Crippen molar-refractivity contribution in [2.45, 2.75) is 33.2 Å². The van der Waals surface area contributed by atoms with Gasteiger partial charge in [-0.2, -0.15) is 0 Å². The van der Waals surface area contributed by atoms with Crippen molar-refractivity contribution in [3.8, 4) is 11.4 Å². The van der Waals surface area contributed by atoms with E-state index >= 15 is 0 Å². The van der Waals surface area contributed by atoms with E-state index in [9.17, 15) is 18.0 Å². The zero-order chi connectivity index (χ0) is 22.6. The van der Waals surface area contributed by atoms with Gasteiger partial charge in [0, 0.05) is 49.3 Å². The van der Waals surface area contributed by atoms with E-state index in [1.807, 2.05) is 34.9 Å². The van der Waals surface area contributed by atoms with E-state index in [1.54, 1.807) is 39.4 Å². The average molecular weight is 442 g/mol. The molecule has 2 heterocycles. The molecule has 0 saturated heterocycles. The summed E-state index contributed by atoms with van der Waals surface area (Å²) in [6.07, 6.45) is 3.81. The summed E-state index contributed by atoms with van der Waals surface area (Å²) in [7, 11) is -1.42. The number of carbonyl (C=O) groups excluding carboxylic acids is 1. The molecule has 0 spiro atoms. The Kier molecular flexibility index (Phi) is 6.90. The van der Waals surface area contributed by atoms with Gasteiger partial charge in [-0.05, 0) is 25.0 Å². The van der Waals surface area contributed by atoms with Crippen LogP contribution >= 0.6 is 0 Å². The number of nitrogens with zero attached hydrogens (tertiary/aromatic N) is 3. The van der Waals surface area contributed by atoms with Crippen LogP contribution in [0.1, 0.15) is 41.4 Å². The molecule has 0 aliphatic rings. The van der Waals surface area contributed by atoms with Gasteiger partial charge in [-0.3, -0.25) is 9.59 Å². The number of sulfone groups is 1. The lowest BCUT2D eigenvalue weighted by Gasteiger charge is -2.10. The van der Waals surface area contributed by atoms with Crippen LogP contribution in [-0.2, 0) is 23.4 Å². The smallest absolute Gasteiger partial charge is 0.253 e. The van der Waals surface area contributed by atoms with Crippen LogP contribution < -0.4 is 5.56 Å². The van der Waals surface area contributed by atoms with E-state index < -0.39 is 9.84 Å². The summed E-state index contributed by atoms with van der Waals surface area (Å²) in [6.45, 7) is 3.86. The molecule has 164 valence electrons. The number of rotatable bonds is 9. The first-order valence-electron chi connectivity index (χ1n) is 10.2. The number of benzene rings is 1. The Balaban J connectivity index is 1.94. The first kappa shape index (κ1) is 22.7. The lowest BCUT2D eigenvalue weighted by molar-refractivity contribution is 0.0977.